The number of fused-ring (bicyclic) bond motifs is 2. The highest BCUT2D eigenvalue weighted by atomic mass is 32.2. The van der Waals surface area contributed by atoms with Crippen LogP contribution >= 0.6 is 23.1 Å². The number of aromatic nitrogens is 5. The molecule has 0 aliphatic carbocycles. The van der Waals surface area contributed by atoms with Gasteiger partial charge in [0.15, 0.2) is 5.16 Å². The average Bonchev–Trinajstić information content (AvgIpc) is 3.12. The SMILES string of the molecule is Cc1nn2c(=O)cc(CSc3nc4ccccc4n3C(F)F)nc2s1. The molecule has 0 atom stereocenters. The van der Waals surface area contributed by atoms with Crippen LogP contribution in [0.3, 0.4) is 0 Å². The van der Waals surface area contributed by atoms with Gasteiger partial charge >= 0.3 is 6.55 Å². The molecule has 10 heteroatoms. The van der Waals surface area contributed by atoms with Crippen LogP contribution in [0.1, 0.15) is 17.3 Å². The van der Waals surface area contributed by atoms with Crippen LogP contribution in [0.4, 0.5) is 8.78 Å². The number of imidazole rings is 1. The van der Waals surface area contributed by atoms with Crippen molar-refractivity contribution >= 4 is 39.1 Å². The number of alkyl halides is 2. The molecular formula is C15H11F2N5OS2. The van der Waals surface area contributed by atoms with Crippen LogP contribution in [0.25, 0.3) is 16.0 Å². The van der Waals surface area contributed by atoms with Crippen molar-refractivity contribution in [3.8, 4) is 0 Å². The van der Waals surface area contributed by atoms with E-state index in [1.807, 2.05) is 0 Å². The Morgan fingerprint density at radius 1 is 1.28 bits per heavy atom. The van der Waals surface area contributed by atoms with Gasteiger partial charge in [0.05, 0.1) is 16.7 Å². The van der Waals surface area contributed by atoms with E-state index in [4.69, 9.17) is 0 Å². The molecular weight excluding hydrogens is 368 g/mol. The Morgan fingerprint density at radius 2 is 2.08 bits per heavy atom. The monoisotopic (exact) mass is 379 g/mol. The fourth-order valence-corrected chi connectivity index (χ4v) is 4.15. The van der Waals surface area contributed by atoms with Crippen molar-refractivity contribution in [3.63, 3.8) is 0 Å². The third-order valence-electron chi connectivity index (χ3n) is 3.51. The fraction of sp³-hybridized carbons (Fsp3) is 0.200. The zero-order valence-electron chi connectivity index (χ0n) is 12.9. The first-order valence-corrected chi connectivity index (χ1v) is 9.07. The Kier molecular flexibility index (Phi) is 4.00. The molecule has 0 aliphatic heterocycles. The number of halogens is 2. The van der Waals surface area contributed by atoms with Crippen LogP contribution in [0.15, 0.2) is 40.3 Å². The average molecular weight is 379 g/mol. The predicted molar refractivity (Wildman–Crippen MR) is 92.4 cm³/mol. The number of nitrogens with zero attached hydrogens (tertiary/aromatic N) is 5. The summed E-state index contributed by atoms with van der Waals surface area (Å²) in [5, 5.41) is 5.00. The largest absolute Gasteiger partial charge is 0.321 e. The fourth-order valence-electron chi connectivity index (χ4n) is 2.48. The van der Waals surface area contributed by atoms with Crippen molar-refractivity contribution in [2.75, 3.05) is 0 Å². The molecule has 1 aromatic carbocycles. The topological polar surface area (TPSA) is 65.1 Å². The molecule has 128 valence electrons. The van der Waals surface area contributed by atoms with E-state index in [0.717, 1.165) is 21.3 Å². The van der Waals surface area contributed by atoms with Gasteiger partial charge in [0, 0.05) is 11.8 Å². The lowest BCUT2D eigenvalue weighted by Crippen LogP contribution is -2.15. The minimum absolute atomic E-state index is 0.193. The van der Waals surface area contributed by atoms with Crippen LogP contribution in [-0.2, 0) is 5.75 Å². The van der Waals surface area contributed by atoms with Crippen molar-refractivity contribution in [1.29, 1.82) is 0 Å². The van der Waals surface area contributed by atoms with E-state index >= 15 is 0 Å². The van der Waals surface area contributed by atoms with Crippen molar-refractivity contribution in [2.45, 2.75) is 24.4 Å². The number of aryl methyl sites for hydroxylation is 1. The van der Waals surface area contributed by atoms with Crippen molar-refractivity contribution in [3.05, 3.63) is 51.4 Å². The summed E-state index contributed by atoms with van der Waals surface area (Å²) < 4.78 is 29.0. The third kappa shape index (κ3) is 2.91. The maximum atomic E-state index is 13.4. The first kappa shape index (κ1) is 16.2. The van der Waals surface area contributed by atoms with Gasteiger partial charge in [-0.3, -0.25) is 9.36 Å². The van der Waals surface area contributed by atoms with Gasteiger partial charge in [-0.1, -0.05) is 35.2 Å². The van der Waals surface area contributed by atoms with Gasteiger partial charge < -0.3 is 0 Å². The van der Waals surface area contributed by atoms with E-state index < -0.39 is 6.55 Å². The summed E-state index contributed by atoms with van der Waals surface area (Å²) in [5.74, 6) is 0.263. The highest BCUT2D eigenvalue weighted by Gasteiger charge is 2.18. The molecule has 0 spiro atoms. The van der Waals surface area contributed by atoms with Crippen molar-refractivity contribution in [2.24, 2.45) is 0 Å². The van der Waals surface area contributed by atoms with Gasteiger partial charge in [-0.2, -0.15) is 18.4 Å². The number of hydrogen-bond acceptors (Lipinski definition) is 6. The summed E-state index contributed by atoms with van der Waals surface area (Å²) in [6.45, 7) is -0.904. The normalized spacial score (nSPS) is 11.8. The first-order chi connectivity index (χ1) is 12.0. The molecule has 3 heterocycles. The van der Waals surface area contributed by atoms with E-state index in [0.29, 0.717) is 21.7 Å². The molecule has 4 rings (SSSR count). The molecule has 0 bridgehead atoms. The number of thioether (sulfide) groups is 1. The smallest absolute Gasteiger partial charge is 0.267 e. The van der Waals surface area contributed by atoms with Gasteiger partial charge in [-0.15, -0.1) is 0 Å². The molecule has 0 N–H and O–H groups in total. The highest BCUT2D eigenvalue weighted by Crippen LogP contribution is 2.30. The number of benzene rings is 1. The first-order valence-electron chi connectivity index (χ1n) is 7.27. The molecule has 0 amide bonds. The Bertz CT molecular complexity index is 1130. The summed E-state index contributed by atoms with van der Waals surface area (Å²) >= 11 is 2.43. The molecule has 0 radical (unpaired) electrons. The quantitative estimate of drug-likeness (QED) is 0.508. The molecule has 6 nitrogen and oxygen atoms in total. The lowest BCUT2D eigenvalue weighted by molar-refractivity contribution is 0.0656. The van der Waals surface area contributed by atoms with Crippen LogP contribution in [-0.4, -0.2) is 24.1 Å². The summed E-state index contributed by atoms with van der Waals surface area (Å²) in [6.07, 6.45) is 0. The van der Waals surface area contributed by atoms with Crippen LogP contribution in [0.2, 0.25) is 0 Å². The molecule has 0 saturated carbocycles. The Balaban J connectivity index is 1.68. The third-order valence-corrected chi connectivity index (χ3v) is 5.32. The Morgan fingerprint density at radius 3 is 2.88 bits per heavy atom. The maximum Gasteiger partial charge on any atom is 0.321 e. The lowest BCUT2D eigenvalue weighted by atomic mass is 10.3. The molecule has 4 aromatic rings. The lowest BCUT2D eigenvalue weighted by Gasteiger charge is -2.06. The second kappa shape index (κ2) is 6.19. The summed E-state index contributed by atoms with van der Waals surface area (Å²) in [5.41, 5.74) is 1.10. The molecule has 3 aromatic heterocycles. The van der Waals surface area contributed by atoms with Gasteiger partial charge in [0.1, 0.15) is 5.01 Å². The molecule has 25 heavy (non-hydrogen) atoms. The van der Waals surface area contributed by atoms with Crippen molar-refractivity contribution in [1.82, 2.24) is 24.1 Å². The zero-order chi connectivity index (χ0) is 17.6. The van der Waals surface area contributed by atoms with Crippen LogP contribution < -0.4 is 5.56 Å². The maximum absolute atomic E-state index is 13.4. The Labute approximate surface area is 148 Å². The van der Waals surface area contributed by atoms with E-state index in [9.17, 15) is 13.6 Å². The summed E-state index contributed by atoms with van der Waals surface area (Å²) in [6, 6.07) is 8.11. The molecule has 0 aliphatic rings. The van der Waals surface area contributed by atoms with Crippen LogP contribution in [0, 0.1) is 6.92 Å². The minimum atomic E-state index is -2.69. The van der Waals surface area contributed by atoms with Gasteiger partial charge in [-0.05, 0) is 19.1 Å². The second-order valence-corrected chi connectivity index (χ2v) is 7.32. The summed E-state index contributed by atoms with van der Waals surface area (Å²) in [4.78, 5) is 21.2. The molecule has 0 saturated heterocycles. The predicted octanol–water partition coefficient (Wildman–Crippen LogP) is 3.50. The number of hydrogen-bond donors (Lipinski definition) is 0. The summed E-state index contributed by atoms with van der Waals surface area (Å²) in [7, 11) is 0. The Hall–Kier alpha value is -2.33. The second-order valence-electron chi connectivity index (χ2n) is 5.22. The molecule has 0 unspecified atom stereocenters. The van der Waals surface area contributed by atoms with E-state index in [1.54, 1.807) is 31.2 Å². The van der Waals surface area contributed by atoms with Gasteiger partial charge in [0.25, 0.3) is 5.56 Å². The molecule has 0 fully saturated rings. The van der Waals surface area contributed by atoms with Gasteiger partial charge in [0.2, 0.25) is 4.96 Å². The van der Waals surface area contributed by atoms with E-state index in [2.05, 4.69) is 15.1 Å². The standard InChI is InChI=1S/C15H11F2N5OS2/c1-8-20-22-12(23)6-9(18-15(22)25-8)7-24-14-19-10-4-2-3-5-11(10)21(14)13(16)17/h2-6,13H,7H2,1H3. The zero-order valence-corrected chi connectivity index (χ0v) is 14.5. The number of rotatable bonds is 4. The number of para-hydroxylation sites is 2. The van der Waals surface area contributed by atoms with Gasteiger partial charge in [-0.25, -0.2) is 9.97 Å². The van der Waals surface area contributed by atoms with Crippen molar-refractivity contribution < 1.29 is 8.78 Å². The van der Waals surface area contributed by atoms with E-state index in [1.165, 1.54) is 21.9 Å². The highest BCUT2D eigenvalue weighted by molar-refractivity contribution is 7.98. The van der Waals surface area contributed by atoms with E-state index in [-0.39, 0.29) is 16.5 Å². The van der Waals surface area contributed by atoms with Crippen LogP contribution in [0.5, 0.6) is 0 Å². The minimum Gasteiger partial charge on any atom is -0.267 e.